The van der Waals surface area contributed by atoms with Gasteiger partial charge in [-0.1, -0.05) is 38.5 Å². The molecule has 8 heteroatoms. The minimum absolute atomic E-state index is 0.422. The highest BCUT2D eigenvalue weighted by molar-refractivity contribution is 5.53. The zero-order valence-electron chi connectivity index (χ0n) is 16.1. The first-order chi connectivity index (χ1) is 13.8. The first kappa shape index (κ1) is 17.5. The van der Waals surface area contributed by atoms with E-state index >= 15 is 0 Å². The molecule has 2 aliphatic carbocycles. The first-order valence-corrected chi connectivity index (χ1v) is 10.6. The summed E-state index contributed by atoms with van der Waals surface area (Å²) >= 11 is 0. The Morgan fingerprint density at radius 1 is 0.857 bits per heavy atom. The van der Waals surface area contributed by atoms with Crippen molar-refractivity contribution in [3.8, 4) is 11.6 Å². The molecule has 5 rings (SSSR count). The highest BCUT2D eigenvalue weighted by Crippen LogP contribution is 2.25. The average molecular weight is 381 g/mol. The maximum absolute atomic E-state index is 5.47. The van der Waals surface area contributed by atoms with E-state index in [1.54, 1.807) is 10.8 Å². The second-order valence-corrected chi connectivity index (χ2v) is 7.95. The summed E-state index contributed by atoms with van der Waals surface area (Å²) in [6, 6.07) is 4.55. The molecule has 0 spiro atoms. The molecule has 3 heterocycles. The van der Waals surface area contributed by atoms with Crippen LogP contribution in [-0.2, 0) is 0 Å². The number of nitrogens with one attached hydrogen (secondary N) is 2. The number of rotatable bonds is 5. The lowest BCUT2D eigenvalue weighted by molar-refractivity contribution is 0.457. The summed E-state index contributed by atoms with van der Waals surface area (Å²) in [6.45, 7) is 0. The van der Waals surface area contributed by atoms with E-state index in [0.29, 0.717) is 41.3 Å². The standard InChI is InChI=1S/C20H27N7O/c1-3-8-14(9-4-1)21-18-24-19(22-15-10-5-2-6-11-15)27-20(25-18)23-17(26-27)16-12-7-13-28-16/h7,12-15H,1-6,8-11H2,(H2,21,22,23,24,25,26). The average Bonchev–Trinajstić information content (AvgIpc) is 3.39. The highest BCUT2D eigenvalue weighted by Gasteiger charge is 2.21. The topological polar surface area (TPSA) is 93.2 Å². The van der Waals surface area contributed by atoms with Gasteiger partial charge in [0, 0.05) is 12.1 Å². The third-order valence-electron chi connectivity index (χ3n) is 5.83. The lowest BCUT2D eigenvalue weighted by atomic mass is 9.96. The molecule has 0 atom stereocenters. The van der Waals surface area contributed by atoms with Gasteiger partial charge in [0.2, 0.25) is 17.7 Å². The summed E-state index contributed by atoms with van der Waals surface area (Å²) in [5.74, 6) is 3.05. The predicted octanol–water partition coefficient (Wildman–Crippen LogP) is 4.27. The Morgan fingerprint density at radius 3 is 2.25 bits per heavy atom. The first-order valence-electron chi connectivity index (χ1n) is 10.6. The van der Waals surface area contributed by atoms with Gasteiger partial charge in [0.15, 0.2) is 5.76 Å². The van der Waals surface area contributed by atoms with Crippen molar-refractivity contribution in [2.75, 3.05) is 10.6 Å². The van der Waals surface area contributed by atoms with Crippen molar-refractivity contribution in [1.82, 2.24) is 24.6 Å². The summed E-state index contributed by atoms with van der Waals surface area (Å²) in [5, 5.41) is 11.7. The van der Waals surface area contributed by atoms with Crippen LogP contribution in [0.25, 0.3) is 17.4 Å². The third kappa shape index (κ3) is 3.68. The summed E-state index contributed by atoms with van der Waals surface area (Å²) in [5.41, 5.74) is 0. The molecule has 0 saturated heterocycles. The summed E-state index contributed by atoms with van der Waals surface area (Å²) < 4.78 is 7.17. The van der Waals surface area contributed by atoms with Gasteiger partial charge >= 0.3 is 0 Å². The molecule has 0 amide bonds. The van der Waals surface area contributed by atoms with Gasteiger partial charge in [-0.05, 0) is 37.8 Å². The number of aromatic nitrogens is 5. The minimum atomic E-state index is 0.422. The summed E-state index contributed by atoms with van der Waals surface area (Å²) in [4.78, 5) is 14.0. The van der Waals surface area contributed by atoms with Crippen LogP contribution in [0.1, 0.15) is 64.2 Å². The van der Waals surface area contributed by atoms with Crippen LogP contribution in [0.2, 0.25) is 0 Å². The number of hydrogen-bond acceptors (Lipinski definition) is 7. The molecule has 3 aromatic rings. The van der Waals surface area contributed by atoms with Gasteiger partial charge in [0.1, 0.15) is 0 Å². The van der Waals surface area contributed by atoms with Crippen molar-refractivity contribution in [1.29, 1.82) is 0 Å². The molecule has 3 aromatic heterocycles. The Bertz CT molecular complexity index is 908. The largest absolute Gasteiger partial charge is 0.461 e. The Labute approximate surface area is 164 Å². The van der Waals surface area contributed by atoms with Crippen LogP contribution in [0, 0.1) is 0 Å². The maximum atomic E-state index is 5.47. The minimum Gasteiger partial charge on any atom is -0.461 e. The fourth-order valence-corrected chi connectivity index (χ4v) is 4.31. The van der Waals surface area contributed by atoms with E-state index in [0.717, 1.165) is 12.8 Å². The van der Waals surface area contributed by atoms with Crippen molar-refractivity contribution < 1.29 is 4.42 Å². The zero-order chi connectivity index (χ0) is 18.8. The van der Waals surface area contributed by atoms with Crippen molar-refractivity contribution in [2.24, 2.45) is 0 Å². The number of furan rings is 1. The Balaban J connectivity index is 1.49. The molecule has 2 saturated carbocycles. The van der Waals surface area contributed by atoms with E-state index in [-0.39, 0.29) is 0 Å². The van der Waals surface area contributed by atoms with Crippen LogP contribution >= 0.6 is 0 Å². The predicted molar refractivity (Wildman–Crippen MR) is 107 cm³/mol. The number of anilines is 2. The van der Waals surface area contributed by atoms with Crippen LogP contribution < -0.4 is 10.6 Å². The molecule has 8 nitrogen and oxygen atoms in total. The van der Waals surface area contributed by atoms with Crippen LogP contribution in [-0.4, -0.2) is 36.6 Å². The van der Waals surface area contributed by atoms with E-state index in [1.165, 1.54) is 51.4 Å². The van der Waals surface area contributed by atoms with Gasteiger partial charge in [0.25, 0.3) is 5.78 Å². The van der Waals surface area contributed by atoms with Gasteiger partial charge in [-0.15, -0.1) is 5.10 Å². The quantitative estimate of drug-likeness (QED) is 0.682. The van der Waals surface area contributed by atoms with Crippen LogP contribution in [0.15, 0.2) is 22.8 Å². The van der Waals surface area contributed by atoms with Crippen molar-refractivity contribution >= 4 is 17.7 Å². The Kier molecular flexibility index (Phi) is 4.85. The Morgan fingerprint density at radius 2 is 1.57 bits per heavy atom. The van der Waals surface area contributed by atoms with Gasteiger partial charge in [-0.2, -0.15) is 19.5 Å². The molecule has 28 heavy (non-hydrogen) atoms. The van der Waals surface area contributed by atoms with Crippen LogP contribution in [0.5, 0.6) is 0 Å². The third-order valence-corrected chi connectivity index (χ3v) is 5.83. The molecule has 2 N–H and O–H groups in total. The number of nitrogens with zero attached hydrogens (tertiary/aromatic N) is 5. The molecule has 148 valence electrons. The van der Waals surface area contributed by atoms with Gasteiger partial charge < -0.3 is 15.1 Å². The van der Waals surface area contributed by atoms with E-state index in [1.807, 2.05) is 12.1 Å². The van der Waals surface area contributed by atoms with E-state index in [4.69, 9.17) is 9.40 Å². The monoisotopic (exact) mass is 381 g/mol. The second-order valence-electron chi connectivity index (χ2n) is 7.95. The SMILES string of the molecule is c1coc(-c2nc3nc(NC4CCCCC4)nc(NC4CCCCC4)n3n2)c1. The fourth-order valence-electron chi connectivity index (χ4n) is 4.31. The molecular weight excluding hydrogens is 354 g/mol. The highest BCUT2D eigenvalue weighted by atomic mass is 16.3. The van der Waals surface area contributed by atoms with Crippen molar-refractivity contribution in [3.05, 3.63) is 18.4 Å². The fraction of sp³-hybridized carbons (Fsp3) is 0.600. The Hall–Kier alpha value is -2.64. The smallest absolute Gasteiger partial charge is 0.259 e. The molecule has 2 fully saturated rings. The molecule has 0 aliphatic heterocycles. The van der Waals surface area contributed by atoms with Crippen LogP contribution in [0.3, 0.4) is 0 Å². The molecule has 0 radical (unpaired) electrons. The van der Waals surface area contributed by atoms with E-state index < -0.39 is 0 Å². The normalized spacial score (nSPS) is 19.1. The second kappa shape index (κ2) is 7.77. The van der Waals surface area contributed by atoms with Crippen molar-refractivity contribution in [2.45, 2.75) is 76.3 Å². The lowest BCUT2D eigenvalue weighted by Gasteiger charge is -2.25. The maximum Gasteiger partial charge on any atom is 0.259 e. The van der Waals surface area contributed by atoms with Gasteiger partial charge in [-0.25, -0.2) is 0 Å². The molecule has 0 aromatic carbocycles. The van der Waals surface area contributed by atoms with Gasteiger partial charge in [0.05, 0.1) is 6.26 Å². The van der Waals surface area contributed by atoms with Gasteiger partial charge in [-0.3, -0.25) is 0 Å². The van der Waals surface area contributed by atoms with Crippen LogP contribution in [0.4, 0.5) is 11.9 Å². The zero-order valence-corrected chi connectivity index (χ0v) is 16.1. The van der Waals surface area contributed by atoms with Crippen molar-refractivity contribution in [3.63, 3.8) is 0 Å². The van der Waals surface area contributed by atoms with E-state index in [2.05, 4.69) is 25.7 Å². The summed E-state index contributed by atoms with van der Waals surface area (Å²) in [7, 11) is 0. The molecular formula is C20H27N7O. The number of hydrogen-bond donors (Lipinski definition) is 2. The molecule has 0 unspecified atom stereocenters. The number of fused-ring (bicyclic) bond motifs is 1. The lowest BCUT2D eigenvalue weighted by Crippen LogP contribution is -2.27. The summed E-state index contributed by atoms with van der Waals surface area (Å²) in [6.07, 6.45) is 14.0. The molecule has 2 aliphatic rings. The molecule has 0 bridgehead atoms. The van der Waals surface area contributed by atoms with E-state index in [9.17, 15) is 0 Å².